The van der Waals surface area contributed by atoms with Gasteiger partial charge in [-0.1, -0.05) is 42.6 Å². The molecule has 2 heterocycles. The molecule has 3 aliphatic rings. The lowest BCUT2D eigenvalue weighted by atomic mass is 9.81. The van der Waals surface area contributed by atoms with Crippen molar-refractivity contribution in [1.82, 2.24) is 0 Å². The van der Waals surface area contributed by atoms with E-state index >= 15 is 0 Å². The van der Waals surface area contributed by atoms with Crippen LogP contribution >= 0.6 is 23.6 Å². The zero-order valence-electron chi connectivity index (χ0n) is 25.0. The summed E-state index contributed by atoms with van der Waals surface area (Å²) in [6.07, 6.45) is 11.1. The smallest absolute Gasteiger partial charge is 0.294 e. The molecular weight excluding hydrogens is 608 g/mol. The Morgan fingerprint density at radius 2 is 1.77 bits per heavy atom. The first-order chi connectivity index (χ1) is 20.2. The molecule has 11 heteroatoms. The summed E-state index contributed by atoms with van der Waals surface area (Å²) in [5.41, 5.74) is 7.51. The fraction of sp³-hybridized carbons (Fsp3) is 0.344. The fourth-order valence-corrected chi connectivity index (χ4v) is 7.68. The minimum Gasteiger partial charge on any atom is -0.347 e. The largest absolute Gasteiger partial charge is 0.347 e. The van der Waals surface area contributed by atoms with Gasteiger partial charge in [0.05, 0.1) is 22.4 Å². The van der Waals surface area contributed by atoms with Gasteiger partial charge in [-0.2, -0.15) is 13.0 Å². The monoisotopic (exact) mass is 643 g/mol. The van der Waals surface area contributed by atoms with Crippen molar-refractivity contribution in [2.24, 2.45) is 0 Å². The standard InChI is InChI=1S/C32H35ClN2O6S2/c1-31(2)24-18-22(42-41-40-36)12-14-26(24)34(5)28(31)16-10-20-8-7-9-21(30(20)33)11-17-29-32(3,4)25-19-23(43(37,38)39)13-15-27(25)35(29)6/h10-19H,7-9H2,1-6H3,(H-,36,37,38,39)/p+1. The van der Waals surface area contributed by atoms with Crippen LogP contribution in [-0.4, -0.2) is 42.6 Å². The van der Waals surface area contributed by atoms with E-state index in [0.29, 0.717) is 0 Å². The van der Waals surface area contributed by atoms with Crippen LogP contribution in [0.2, 0.25) is 0 Å². The lowest BCUT2D eigenvalue weighted by Crippen LogP contribution is -2.26. The van der Waals surface area contributed by atoms with E-state index in [4.69, 9.17) is 16.9 Å². The molecule has 2 aliphatic heterocycles. The summed E-state index contributed by atoms with van der Waals surface area (Å²) in [6, 6.07) is 10.7. The highest BCUT2D eigenvalue weighted by atomic mass is 35.5. The van der Waals surface area contributed by atoms with Crippen LogP contribution in [0.4, 0.5) is 11.4 Å². The van der Waals surface area contributed by atoms with E-state index in [1.54, 1.807) is 12.1 Å². The minimum atomic E-state index is -4.30. The SMILES string of the molecule is CN1C(=C/C=C2\CCCC(C=CC3=[N+](C)c4ccc(SOOO)cc4C3(C)C)=C2Cl)C(C)(C)c2cc(S(=O)(=O)O)ccc21. The predicted molar refractivity (Wildman–Crippen MR) is 171 cm³/mol. The third-order valence-electron chi connectivity index (χ3n) is 8.81. The van der Waals surface area contributed by atoms with Crippen LogP contribution in [0.5, 0.6) is 0 Å². The Balaban J connectivity index is 1.43. The third kappa shape index (κ3) is 5.78. The molecule has 0 bridgehead atoms. The molecule has 0 spiro atoms. The molecule has 0 atom stereocenters. The lowest BCUT2D eigenvalue weighted by Gasteiger charge is -2.24. The molecule has 8 nitrogen and oxygen atoms in total. The van der Waals surface area contributed by atoms with Crippen molar-refractivity contribution in [2.75, 3.05) is 19.0 Å². The molecule has 0 fully saturated rings. The van der Waals surface area contributed by atoms with Crippen LogP contribution in [-0.2, 0) is 30.3 Å². The Hall–Kier alpha value is -2.70. The average Bonchev–Trinajstić information content (AvgIpc) is 3.26. The summed E-state index contributed by atoms with van der Waals surface area (Å²) in [5.74, 6) is 0. The summed E-state index contributed by atoms with van der Waals surface area (Å²) in [6.45, 7) is 8.45. The Labute approximate surface area is 262 Å². The average molecular weight is 644 g/mol. The van der Waals surface area contributed by atoms with E-state index < -0.39 is 15.5 Å². The summed E-state index contributed by atoms with van der Waals surface area (Å²) in [7, 11) is -0.285. The van der Waals surface area contributed by atoms with E-state index in [1.807, 2.05) is 39.1 Å². The van der Waals surface area contributed by atoms with Gasteiger partial charge in [-0.05, 0) is 86.2 Å². The normalized spacial score (nSPS) is 21.5. The quantitative estimate of drug-likeness (QED) is 0.104. The summed E-state index contributed by atoms with van der Waals surface area (Å²) >= 11 is 7.95. The number of fused-ring (bicyclic) bond motifs is 2. The molecule has 43 heavy (non-hydrogen) atoms. The van der Waals surface area contributed by atoms with E-state index in [9.17, 15) is 13.0 Å². The molecule has 0 unspecified atom stereocenters. The van der Waals surface area contributed by atoms with Crippen molar-refractivity contribution >= 4 is 50.8 Å². The van der Waals surface area contributed by atoms with Crippen LogP contribution in [0.3, 0.4) is 0 Å². The Bertz CT molecular complexity index is 1750. The molecular formula is C32H36ClN2O6S2+. The summed E-state index contributed by atoms with van der Waals surface area (Å²) in [5, 5.41) is 13.0. The first-order valence-electron chi connectivity index (χ1n) is 13.9. The van der Waals surface area contributed by atoms with Crippen molar-refractivity contribution in [3.63, 3.8) is 0 Å². The first kappa shape index (κ1) is 31.7. The molecule has 1 aliphatic carbocycles. The predicted octanol–water partition coefficient (Wildman–Crippen LogP) is 7.84. The van der Waals surface area contributed by atoms with Gasteiger partial charge < -0.3 is 4.90 Å². The highest BCUT2D eigenvalue weighted by Gasteiger charge is 2.43. The Morgan fingerprint density at radius 3 is 2.47 bits per heavy atom. The van der Waals surface area contributed by atoms with Gasteiger partial charge in [-0.25, -0.2) is 5.26 Å². The molecule has 2 aromatic rings. The van der Waals surface area contributed by atoms with Crippen LogP contribution in [0.15, 0.2) is 92.4 Å². The Kier molecular flexibility index (Phi) is 8.60. The number of anilines is 1. The van der Waals surface area contributed by atoms with Gasteiger partial charge in [0.25, 0.3) is 10.1 Å². The van der Waals surface area contributed by atoms with E-state index in [1.165, 1.54) is 6.07 Å². The molecule has 0 saturated carbocycles. The number of hydrogen-bond acceptors (Lipinski definition) is 7. The second-order valence-electron chi connectivity index (χ2n) is 12.1. The van der Waals surface area contributed by atoms with Gasteiger partial charge in [0.2, 0.25) is 5.69 Å². The number of allylic oxidation sites excluding steroid dienone is 8. The van der Waals surface area contributed by atoms with Crippen LogP contribution in [0, 0.1) is 0 Å². The zero-order chi connectivity index (χ0) is 31.3. The third-order valence-corrected chi connectivity index (χ3v) is 10.7. The van der Waals surface area contributed by atoms with Crippen molar-refractivity contribution in [1.29, 1.82) is 0 Å². The maximum absolute atomic E-state index is 11.8. The van der Waals surface area contributed by atoms with Gasteiger partial charge in [0.1, 0.15) is 7.05 Å². The number of benzene rings is 2. The van der Waals surface area contributed by atoms with Crippen molar-refractivity contribution in [3.05, 3.63) is 93.7 Å². The van der Waals surface area contributed by atoms with Crippen LogP contribution in [0.25, 0.3) is 0 Å². The molecule has 0 saturated heterocycles. The van der Waals surface area contributed by atoms with Gasteiger partial charge in [-0.15, -0.1) is 4.33 Å². The van der Waals surface area contributed by atoms with Gasteiger partial charge in [-0.3, -0.25) is 4.55 Å². The number of rotatable bonds is 7. The molecule has 2 aromatic carbocycles. The van der Waals surface area contributed by atoms with Gasteiger partial charge >= 0.3 is 0 Å². The molecule has 5 rings (SSSR count). The topological polar surface area (TPSA) is 99.3 Å². The second-order valence-corrected chi connectivity index (χ2v) is 14.7. The van der Waals surface area contributed by atoms with E-state index in [0.717, 1.165) is 86.3 Å². The van der Waals surface area contributed by atoms with Crippen molar-refractivity contribution in [2.45, 2.75) is 67.6 Å². The highest BCUT2D eigenvalue weighted by molar-refractivity contribution is 7.94. The summed E-state index contributed by atoms with van der Waals surface area (Å²) in [4.78, 5) is 2.77. The van der Waals surface area contributed by atoms with E-state index in [-0.39, 0.29) is 10.3 Å². The Morgan fingerprint density at radius 1 is 1.02 bits per heavy atom. The number of likely N-dealkylation sites (N-methyl/N-ethyl adjacent to an activating group) is 1. The maximum atomic E-state index is 11.8. The van der Waals surface area contributed by atoms with Gasteiger partial charge in [0.15, 0.2) is 5.71 Å². The molecule has 228 valence electrons. The highest BCUT2D eigenvalue weighted by Crippen LogP contribution is 2.48. The summed E-state index contributed by atoms with van der Waals surface area (Å²) < 4.78 is 39.9. The maximum Gasteiger partial charge on any atom is 0.294 e. The van der Waals surface area contributed by atoms with Gasteiger partial charge in [0, 0.05) is 51.5 Å². The second kappa shape index (κ2) is 11.7. The van der Waals surface area contributed by atoms with Crippen LogP contribution < -0.4 is 4.90 Å². The molecule has 0 radical (unpaired) electrons. The van der Waals surface area contributed by atoms with Crippen molar-refractivity contribution < 1.29 is 32.2 Å². The molecule has 0 amide bonds. The zero-order valence-corrected chi connectivity index (χ0v) is 27.4. The first-order valence-corrected chi connectivity index (χ1v) is 16.5. The number of nitrogens with zero attached hydrogens (tertiary/aromatic N) is 2. The number of halogens is 1. The minimum absolute atomic E-state index is 0.108. The van der Waals surface area contributed by atoms with Crippen molar-refractivity contribution in [3.8, 4) is 0 Å². The van der Waals surface area contributed by atoms with Crippen LogP contribution in [0.1, 0.15) is 58.1 Å². The molecule has 0 aromatic heterocycles. The lowest BCUT2D eigenvalue weighted by molar-refractivity contribution is -0.432. The number of hydrogen-bond donors (Lipinski definition) is 2. The molecule has 2 N–H and O–H groups in total. The fourth-order valence-electron chi connectivity index (χ4n) is 6.46. The van der Waals surface area contributed by atoms with E-state index in [2.05, 4.69) is 64.0 Å².